The van der Waals surface area contributed by atoms with Gasteiger partial charge in [-0.2, -0.15) is 0 Å². The quantitative estimate of drug-likeness (QED) is 0.800. The zero-order chi connectivity index (χ0) is 15.3. The molecule has 3 N–H and O–H groups in total. The molecule has 0 aliphatic carbocycles. The molecule has 2 atom stereocenters. The molecule has 5 nitrogen and oxygen atoms in total. The van der Waals surface area contributed by atoms with Crippen LogP contribution in [-0.2, 0) is 11.2 Å². The number of nitrogens with two attached hydrogens (primary N) is 1. The van der Waals surface area contributed by atoms with Crippen LogP contribution >= 0.6 is 0 Å². The minimum Gasteiger partial charge on any atom is -0.493 e. The van der Waals surface area contributed by atoms with Crippen molar-refractivity contribution in [2.45, 2.75) is 45.3 Å². The van der Waals surface area contributed by atoms with Gasteiger partial charge in [-0.25, -0.2) is 0 Å². The Morgan fingerprint density at radius 1 is 1.45 bits per heavy atom. The van der Waals surface area contributed by atoms with E-state index in [0.29, 0.717) is 11.5 Å². The molecule has 112 valence electrons. The number of hydrogen-bond donors (Lipinski definition) is 2. The number of ether oxygens (including phenoxy) is 2. The van der Waals surface area contributed by atoms with Crippen molar-refractivity contribution in [3.05, 3.63) is 23.8 Å². The third-order valence-corrected chi connectivity index (χ3v) is 3.16. The maximum absolute atomic E-state index is 11.0. The number of aryl methyl sites for hydroxylation is 1. The smallest absolute Gasteiger partial charge is 0.323 e. The number of carboxylic acid groups (broad SMARTS) is 1. The average Bonchev–Trinajstić information content (AvgIpc) is 2.38. The SMILES string of the molecule is CCc1ccc(OC(C)CC(C)(N)C(=O)O)c(OC)c1. The van der Waals surface area contributed by atoms with E-state index < -0.39 is 11.5 Å². The molecule has 0 spiro atoms. The summed E-state index contributed by atoms with van der Waals surface area (Å²) in [6, 6.07) is 5.72. The highest BCUT2D eigenvalue weighted by atomic mass is 16.5. The van der Waals surface area contributed by atoms with E-state index in [1.54, 1.807) is 14.0 Å². The van der Waals surface area contributed by atoms with Crippen molar-refractivity contribution in [3.63, 3.8) is 0 Å². The van der Waals surface area contributed by atoms with Gasteiger partial charge in [-0.3, -0.25) is 4.79 Å². The van der Waals surface area contributed by atoms with Crippen molar-refractivity contribution in [1.82, 2.24) is 0 Å². The Labute approximate surface area is 119 Å². The molecule has 0 heterocycles. The second-order valence-corrected chi connectivity index (χ2v) is 5.19. The third kappa shape index (κ3) is 4.13. The lowest BCUT2D eigenvalue weighted by atomic mass is 9.96. The number of methoxy groups -OCH3 is 1. The lowest BCUT2D eigenvalue weighted by Crippen LogP contribution is -2.47. The molecule has 2 unspecified atom stereocenters. The van der Waals surface area contributed by atoms with Crippen LogP contribution in [0.1, 0.15) is 32.8 Å². The number of carbonyl (C=O) groups is 1. The predicted octanol–water partition coefficient (Wildman–Crippen LogP) is 2.22. The first-order valence-electron chi connectivity index (χ1n) is 6.66. The van der Waals surface area contributed by atoms with Crippen molar-refractivity contribution >= 4 is 5.97 Å². The highest BCUT2D eigenvalue weighted by molar-refractivity contribution is 5.77. The molecule has 0 bridgehead atoms. The van der Waals surface area contributed by atoms with Crippen LogP contribution in [0.25, 0.3) is 0 Å². The van der Waals surface area contributed by atoms with Crippen LogP contribution in [0.5, 0.6) is 11.5 Å². The molecular formula is C15H23NO4. The minimum absolute atomic E-state index is 0.209. The maximum Gasteiger partial charge on any atom is 0.323 e. The molecule has 1 aromatic rings. The Kier molecular flexibility index (Phi) is 5.39. The Morgan fingerprint density at radius 3 is 2.60 bits per heavy atom. The Balaban J connectivity index is 2.80. The molecule has 0 radical (unpaired) electrons. The molecule has 0 amide bonds. The summed E-state index contributed by atoms with van der Waals surface area (Å²) in [7, 11) is 1.58. The summed E-state index contributed by atoms with van der Waals surface area (Å²) >= 11 is 0. The summed E-state index contributed by atoms with van der Waals surface area (Å²) < 4.78 is 11.0. The van der Waals surface area contributed by atoms with Crippen molar-refractivity contribution in [1.29, 1.82) is 0 Å². The predicted molar refractivity (Wildman–Crippen MR) is 77.3 cm³/mol. The van der Waals surface area contributed by atoms with E-state index in [1.807, 2.05) is 18.2 Å². The molecule has 0 aliphatic heterocycles. The molecule has 0 aliphatic rings. The van der Waals surface area contributed by atoms with Gasteiger partial charge in [0.1, 0.15) is 5.54 Å². The van der Waals surface area contributed by atoms with Gasteiger partial charge in [0, 0.05) is 6.42 Å². The second-order valence-electron chi connectivity index (χ2n) is 5.19. The van der Waals surface area contributed by atoms with Crippen LogP contribution in [0.4, 0.5) is 0 Å². The summed E-state index contributed by atoms with van der Waals surface area (Å²) in [5.41, 5.74) is 5.56. The van der Waals surface area contributed by atoms with Gasteiger partial charge in [0.25, 0.3) is 0 Å². The number of hydrogen-bond acceptors (Lipinski definition) is 4. The summed E-state index contributed by atoms with van der Waals surface area (Å²) in [6.07, 6.45) is 0.787. The minimum atomic E-state index is -1.31. The topological polar surface area (TPSA) is 81.8 Å². The van der Waals surface area contributed by atoms with Crippen molar-refractivity contribution in [2.24, 2.45) is 5.73 Å². The van der Waals surface area contributed by atoms with Gasteiger partial charge in [0.15, 0.2) is 11.5 Å². The zero-order valence-corrected chi connectivity index (χ0v) is 12.5. The fourth-order valence-electron chi connectivity index (χ4n) is 1.97. The van der Waals surface area contributed by atoms with Gasteiger partial charge in [-0.05, 0) is 38.0 Å². The molecule has 0 saturated heterocycles. The van der Waals surface area contributed by atoms with E-state index >= 15 is 0 Å². The largest absolute Gasteiger partial charge is 0.493 e. The molecule has 5 heteroatoms. The zero-order valence-electron chi connectivity index (χ0n) is 12.5. The van der Waals surface area contributed by atoms with Crippen LogP contribution in [0.15, 0.2) is 18.2 Å². The van der Waals surface area contributed by atoms with Gasteiger partial charge in [0.05, 0.1) is 13.2 Å². The Hall–Kier alpha value is -1.75. The van der Waals surface area contributed by atoms with Crippen LogP contribution < -0.4 is 15.2 Å². The molecule has 1 rings (SSSR count). The first-order chi connectivity index (χ1) is 9.30. The van der Waals surface area contributed by atoms with Gasteiger partial charge in [-0.1, -0.05) is 13.0 Å². The molecular weight excluding hydrogens is 258 g/mol. The van der Waals surface area contributed by atoms with E-state index in [4.69, 9.17) is 20.3 Å². The van der Waals surface area contributed by atoms with Crippen LogP contribution in [0.2, 0.25) is 0 Å². The van der Waals surface area contributed by atoms with Gasteiger partial charge < -0.3 is 20.3 Å². The highest BCUT2D eigenvalue weighted by Crippen LogP contribution is 2.30. The summed E-state index contributed by atoms with van der Waals surface area (Å²) in [5, 5.41) is 9.02. The lowest BCUT2D eigenvalue weighted by molar-refractivity contribution is -0.143. The first kappa shape index (κ1) is 16.3. The maximum atomic E-state index is 11.0. The van der Waals surface area contributed by atoms with Crippen molar-refractivity contribution in [3.8, 4) is 11.5 Å². The normalized spacial score (nSPS) is 15.2. The summed E-state index contributed by atoms with van der Waals surface area (Å²) in [6.45, 7) is 5.33. The fraction of sp³-hybridized carbons (Fsp3) is 0.533. The molecule has 0 saturated carbocycles. The van der Waals surface area contributed by atoms with Gasteiger partial charge in [0.2, 0.25) is 0 Å². The fourth-order valence-corrected chi connectivity index (χ4v) is 1.97. The van der Waals surface area contributed by atoms with Crippen LogP contribution in [0.3, 0.4) is 0 Å². The van der Waals surface area contributed by atoms with E-state index in [9.17, 15) is 4.79 Å². The number of aliphatic carboxylic acids is 1. The third-order valence-electron chi connectivity index (χ3n) is 3.16. The standard InChI is InChI=1S/C15H23NO4/c1-5-11-6-7-12(13(8-11)19-4)20-10(2)9-15(3,16)14(17)18/h6-8,10H,5,9,16H2,1-4H3,(H,17,18). The number of carboxylic acids is 1. The monoisotopic (exact) mass is 281 g/mol. The van der Waals surface area contributed by atoms with Crippen molar-refractivity contribution in [2.75, 3.05) is 7.11 Å². The number of rotatable bonds is 7. The molecule has 0 aromatic heterocycles. The Morgan fingerprint density at radius 2 is 2.10 bits per heavy atom. The molecule has 1 aromatic carbocycles. The highest BCUT2D eigenvalue weighted by Gasteiger charge is 2.31. The van der Waals surface area contributed by atoms with E-state index in [2.05, 4.69) is 6.92 Å². The number of benzene rings is 1. The van der Waals surface area contributed by atoms with E-state index in [0.717, 1.165) is 12.0 Å². The first-order valence-corrected chi connectivity index (χ1v) is 6.66. The van der Waals surface area contributed by atoms with E-state index in [1.165, 1.54) is 6.92 Å². The Bertz CT molecular complexity index is 471. The summed E-state index contributed by atoms with van der Waals surface area (Å²) in [4.78, 5) is 11.0. The lowest BCUT2D eigenvalue weighted by Gasteiger charge is -2.24. The van der Waals surface area contributed by atoms with Crippen LogP contribution in [0, 0.1) is 0 Å². The molecule has 0 fully saturated rings. The van der Waals surface area contributed by atoms with Gasteiger partial charge >= 0.3 is 5.97 Å². The van der Waals surface area contributed by atoms with Gasteiger partial charge in [-0.15, -0.1) is 0 Å². The van der Waals surface area contributed by atoms with Crippen molar-refractivity contribution < 1.29 is 19.4 Å². The average molecular weight is 281 g/mol. The van der Waals surface area contributed by atoms with E-state index in [-0.39, 0.29) is 12.5 Å². The second kappa shape index (κ2) is 6.61. The summed E-state index contributed by atoms with van der Waals surface area (Å²) in [5.74, 6) is 0.199. The van der Waals surface area contributed by atoms with Crippen LogP contribution in [-0.4, -0.2) is 29.8 Å². The molecule has 20 heavy (non-hydrogen) atoms.